The van der Waals surface area contributed by atoms with Crippen LogP contribution in [-0.4, -0.2) is 13.1 Å². The fourth-order valence-electron chi connectivity index (χ4n) is 3.07. The van der Waals surface area contributed by atoms with E-state index in [0.29, 0.717) is 27.8 Å². The zero-order chi connectivity index (χ0) is 21.1. The van der Waals surface area contributed by atoms with Gasteiger partial charge in [0.15, 0.2) is 10.8 Å². The molecule has 0 aliphatic heterocycles. The van der Waals surface area contributed by atoms with Crippen molar-refractivity contribution in [2.75, 3.05) is 7.11 Å². The molecular weight excluding hydrogens is 404 g/mol. The van der Waals surface area contributed by atoms with Gasteiger partial charge in [0.25, 0.3) is 0 Å². The average molecular weight is 421 g/mol. The molecule has 3 aromatic carbocycles. The molecule has 1 heterocycles. The highest BCUT2D eigenvalue weighted by Crippen LogP contribution is 2.27. The lowest BCUT2D eigenvalue weighted by molar-refractivity contribution is -0.134. The van der Waals surface area contributed by atoms with E-state index in [0.717, 1.165) is 5.56 Å². The highest BCUT2D eigenvalue weighted by Gasteiger charge is 2.20. The molecule has 4 rings (SSSR count). The Kier molecular flexibility index (Phi) is 5.55. The summed E-state index contributed by atoms with van der Waals surface area (Å²) >= 11 is 6.20. The first kappa shape index (κ1) is 19.7. The molecule has 0 bridgehead atoms. The van der Waals surface area contributed by atoms with Crippen LogP contribution in [0.2, 0.25) is 0 Å². The van der Waals surface area contributed by atoms with Gasteiger partial charge in [-0.05, 0) is 35.4 Å². The standard InChI is InChI=1S/C24H17ClO5/c1-28-17-9-7-15(8-10-17)20-14-29-21-13-18(11-12-19(21)23(20)26)30-24(27)22(25)16-5-3-2-4-6-16/h2-14,22H,1H3. The molecule has 0 saturated heterocycles. The predicted molar refractivity (Wildman–Crippen MR) is 115 cm³/mol. The molecule has 0 spiro atoms. The van der Waals surface area contributed by atoms with Gasteiger partial charge >= 0.3 is 5.97 Å². The Labute approximate surface area is 177 Å². The molecule has 5 nitrogen and oxygen atoms in total. The summed E-state index contributed by atoms with van der Waals surface area (Å²) in [7, 11) is 1.58. The quantitative estimate of drug-likeness (QED) is 0.247. The van der Waals surface area contributed by atoms with Crippen molar-refractivity contribution in [3.63, 3.8) is 0 Å². The first-order valence-electron chi connectivity index (χ1n) is 9.17. The third-order valence-corrected chi connectivity index (χ3v) is 5.09. The van der Waals surface area contributed by atoms with Crippen molar-refractivity contribution in [2.24, 2.45) is 0 Å². The van der Waals surface area contributed by atoms with Crippen molar-refractivity contribution >= 4 is 28.5 Å². The summed E-state index contributed by atoms with van der Waals surface area (Å²) in [6.07, 6.45) is 1.40. The highest BCUT2D eigenvalue weighted by atomic mass is 35.5. The normalized spacial score (nSPS) is 11.8. The van der Waals surface area contributed by atoms with Crippen molar-refractivity contribution < 1.29 is 18.7 Å². The maximum Gasteiger partial charge on any atom is 0.334 e. The van der Waals surface area contributed by atoms with Gasteiger partial charge in [-0.3, -0.25) is 4.79 Å². The van der Waals surface area contributed by atoms with Crippen molar-refractivity contribution in [2.45, 2.75) is 5.38 Å². The van der Waals surface area contributed by atoms with E-state index in [9.17, 15) is 9.59 Å². The molecule has 0 amide bonds. The van der Waals surface area contributed by atoms with E-state index >= 15 is 0 Å². The third kappa shape index (κ3) is 3.93. The lowest BCUT2D eigenvalue weighted by Crippen LogP contribution is -2.14. The number of ether oxygens (including phenoxy) is 2. The minimum Gasteiger partial charge on any atom is -0.497 e. The predicted octanol–water partition coefficient (Wildman–Crippen LogP) is 5.35. The van der Waals surface area contributed by atoms with Crippen LogP contribution in [0.25, 0.3) is 22.1 Å². The Bertz CT molecular complexity index is 1250. The molecule has 0 fully saturated rings. The Morgan fingerprint density at radius 1 is 0.967 bits per heavy atom. The average Bonchev–Trinajstić information content (AvgIpc) is 2.79. The summed E-state index contributed by atoms with van der Waals surface area (Å²) in [5.41, 5.74) is 1.92. The Hall–Kier alpha value is -3.57. The number of hydrogen-bond acceptors (Lipinski definition) is 5. The molecule has 0 aliphatic carbocycles. The van der Waals surface area contributed by atoms with Crippen LogP contribution in [0.1, 0.15) is 10.9 Å². The first-order chi connectivity index (χ1) is 14.6. The SMILES string of the molecule is COc1ccc(-c2coc3cc(OC(=O)C(Cl)c4ccccc4)ccc3c2=O)cc1. The van der Waals surface area contributed by atoms with Gasteiger partial charge in [0.2, 0.25) is 0 Å². The van der Waals surface area contributed by atoms with Crippen molar-refractivity contribution in [3.8, 4) is 22.6 Å². The number of fused-ring (bicyclic) bond motifs is 1. The number of methoxy groups -OCH3 is 1. The molecule has 1 aromatic heterocycles. The second kappa shape index (κ2) is 8.43. The van der Waals surface area contributed by atoms with Crippen LogP contribution in [0.4, 0.5) is 0 Å². The van der Waals surface area contributed by atoms with Crippen LogP contribution in [-0.2, 0) is 4.79 Å². The van der Waals surface area contributed by atoms with Gasteiger partial charge in [-0.15, -0.1) is 11.6 Å². The lowest BCUT2D eigenvalue weighted by atomic mass is 10.1. The van der Waals surface area contributed by atoms with Gasteiger partial charge in [0, 0.05) is 6.07 Å². The molecule has 150 valence electrons. The number of halogens is 1. The second-order valence-electron chi connectivity index (χ2n) is 6.56. The third-order valence-electron chi connectivity index (χ3n) is 4.66. The van der Waals surface area contributed by atoms with Crippen LogP contribution < -0.4 is 14.9 Å². The lowest BCUT2D eigenvalue weighted by Gasteiger charge is -2.10. The summed E-state index contributed by atoms with van der Waals surface area (Å²) in [4.78, 5) is 25.2. The monoisotopic (exact) mass is 420 g/mol. The minimum atomic E-state index is -0.939. The largest absolute Gasteiger partial charge is 0.497 e. The van der Waals surface area contributed by atoms with Crippen LogP contribution in [0.15, 0.2) is 88.3 Å². The number of esters is 1. The number of benzene rings is 3. The number of rotatable bonds is 5. The van der Waals surface area contributed by atoms with Crippen molar-refractivity contribution in [3.05, 3.63) is 94.8 Å². The number of alkyl halides is 1. The summed E-state index contributed by atoms with van der Waals surface area (Å²) in [6, 6.07) is 20.7. The van der Waals surface area contributed by atoms with E-state index in [2.05, 4.69) is 0 Å². The molecule has 1 atom stereocenters. The molecular formula is C24H17ClO5. The molecule has 0 aliphatic rings. The first-order valence-corrected chi connectivity index (χ1v) is 9.61. The Morgan fingerprint density at radius 3 is 2.37 bits per heavy atom. The van der Waals surface area contributed by atoms with E-state index < -0.39 is 11.3 Å². The Balaban J connectivity index is 1.60. The van der Waals surface area contributed by atoms with Gasteiger partial charge in [0.05, 0.1) is 18.1 Å². The minimum absolute atomic E-state index is 0.182. The molecule has 6 heteroatoms. The fraction of sp³-hybridized carbons (Fsp3) is 0.0833. The molecule has 0 N–H and O–H groups in total. The van der Waals surface area contributed by atoms with E-state index in [4.69, 9.17) is 25.5 Å². The number of hydrogen-bond donors (Lipinski definition) is 0. The summed E-state index contributed by atoms with van der Waals surface area (Å²) in [5, 5.41) is -0.556. The number of carbonyl (C=O) groups excluding carboxylic acids is 1. The van der Waals surface area contributed by atoms with E-state index in [1.54, 1.807) is 67.8 Å². The van der Waals surface area contributed by atoms with Gasteiger partial charge in [-0.1, -0.05) is 42.5 Å². The molecule has 0 saturated carbocycles. The van der Waals surface area contributed by atoms with E-state index in [-0.39, 0.29) is 11.2 Å². The van der Waals surface area contributed by atoms with Gasteiger partial charge in [-0.25, -0.2) is 4.79 Å². The topological polar surface area (TPSA) is 65.7 Å². The zero-order valence-corrected chi connectivity index (χ0v) is 16.8. The van der Waals surface area contributed by atoms with Crippen LogP contribution >= 0.6 is 11.6 Å². The number of carbonyl (C=O) groups is 1. The fourth-order valence-corrected chi connectivity index (χ4v) is 3.26. The summed E-state index contributed by atoms with van der Waals surface area (Å²) in [5.74, 6) is 0.331. The summed E-state index contributed by atoms with van der Waals surface area (Å²) < 4.78 is 16.2. The Morgan fingerprint density at radius 2 is 1.67 bits per heavy atom. The molecule has 1 unspecified atom stereocenters. The van der Waals surface area contributed by atoms with E-state index in [1.165, 1.54) is 12.3 Å². The molecule has 30 heavy (non-hydrogen) atoms. The second-order valence-corrected chi connectivity index (χ2v) is 7.00. The van der Waals surface area contributed by atoms with Crippen LogP contribution in [0, 0.1) is 0 Å². The van der Waals surface area contributed by atoms with Gasteiger partial charge in [0.1, 0.15) is 23.3 Å². The van der Waals surface area contributed by atoms with E-state index in [1.807, 2.05) is 6.07 Å². The van der Waals surface area contributed by atoms with Crippen molar-refractivity contribution in [1.82, 2.24) is 0 Å². The zero-order valence-electron chi connectivity index (χ0n) is 16.0. The maximum atomic E-state index is 12.9. The van der Waals surface area contributed by atoms with Crippen molar-refractivity contribution in [1.29, 1.82) is 0 Å². The highest BCUT2D eigenvalue weighted by molar-refractivity contribution is 6.30. The summed E-state index contributed by atoms with van der Waals surface area (Å²) in [6.45, 7) is 0. The molecule has 4 aromatic rings. The van der Waals surface area contributed by atoms with Crippen LogP contribution in [0.3, 0.4) is 0 Å². The molecule has 0 radical (unpaired) electrons. The smallest absolute Gasteiger partial charge is 0.334 e. The van der Waals surface area contributed by atoms with Gasteiger partial charge in [-0.2, -0.15) is 0 Å². The maximum absolute atomic E-state index is 12.9. The van der Waals surface area contributed by atoms with Gasteiger partial charge < -0.3 is 13.9 Å². The van der Waals surface area contributed by atoms with Crippen LogP contribution in [0.5, 0.6) is 11.5 Å².